The van der Waals surface area contributed by atoms with E-state index in [2.05, 4.69) is 16.9 Å². The van der Waals surface area contributed by atoms with E-state index >= 15 is 0 Å². The zero-order valence-electron chi connectivity index (χ0n) is 8.02. The van der Waals surface area contributed by atoms with E-state index in [0.29, 0.717) is 0 Å². The van der Waals surface area contributed by atoms with Gasteiger partial charge in [-0.25, -0.2) is 0 Å². The van der Waals surface area contributed by atoms with Crippen LogP contribution in [0.2, 0.25) is 0 Å². The second-order valence-electron chi connectivity index (χ2n) is 2.65. The van der Waals surface area contributed by atoms with Crippen molar-refractivity contribution in [2.24, 2.45) is 4.99 Å². The fourth-order valence-corrected chi connectivity index (χ4v) is 1.30. The molecule has 2 nitrogen and oxygen atoms in total. The monoisotopic (exact) mass is 164 g/mol. The zero-order valence-corrected chi connectivity index (χ0v) is 8.02. The van der Waals surface area contributed by atoms with Gasteiger partial charge in [0, 0.05) is 12.7 Å². The van der Waals surface area contributed by atoms with Crippen molar-refractivity contribution in [1.29, 1.82) is 0 Å². The molecule has 1 aliphatic rings. The Kier molecular flexibility index (Phi) is 3.09. The van der Waals surface area contributed by atoms with Crippen LogP contribution in [0.1, 0.15) is 27.2 Å². The Balaban J connectivity index is 0.000000336. The molecule has 2 heterocycles. The van der Waals surface area contributed by atoms with Crippen molar-refractivity contribution in [2.75, 3.05) is 6.54 Å². The molecule has 12 heavy (non-hydrogen) atoms. The van der Waals surface area contributed by atoms with Crippen molar-refractivity contribution in [2.45, 2.75) is 27.2 Å². The van der Waals surface area contributed by atoms with Crippen molar-refractivity contribution in [3.63, 3.8) is 0 Å². The molecule has 1 aromatic heterocycles. The highest BCUT2D eigenvalue weighted by molar-refractivity contribution is 5.40. The van der Waals surface area contributed by atoms with Gasteiger partial charge in [-0.05, 0) is 25.0 Å². The first-order valence-corrected chi connectivity index (χ1v) is 4.55. The molecule has 0 radical (unpaired) electrons. The summed E-state index contributed by atoms with van der Waals surface area (Å²) < 4.78 is 0. The molecule has 0 amide bonds. The van der Waals surface area contributed by atoms with Crippen LogP contribution in [0.15, 0.2) is 17.3 Å². The van der Waals surface area contributed by atoms with E-state index in [-0.39, 0.29) is 0 Å². The van der Waals surface area contributed by atoms with Crippen LogP contribution in [-0.4, -0.2) is 11.5 Å². The van der Waals surface area contributed by atoms with E-state index < -0.39 is 0 Å². The molecule has 0 bridgehead atoms. The summed E-state index contributed by atoms with van der Waals surface area (Å²) in [4.78, 5) is 7.53. The van der Waals surface area contributed by atoms with Gasteiger partial charge in [-0.15, -0.1) is 0 Å². The lowest BCUT2D eigenvalue weighted by atomic mass is 10.2. The quantitative estimate of drug-likeness (QED) is 0.597. The van der Waals surface area contributed by atoms with Gasteiger partial charge in [-0.1, -0.05) is 13.8 Å². The van der Waals surface area contributed by atoms with E-state index in [1.807, 2.05) is 26.1 Å². The SMILES string of the molecule is CC.CC1=c2[nH]ccc2=NCC1. The van der Waals surface area contributed by atoms with Crippen LogP contribution in [0.4, 0.5) is 0 Å². The molecule has 2 rings (SSSR count). The highest BCUT2D eigenvalue weighted by Crippen LogP contribution is 1.98. The van der Waals surface area contributed by atoms with Crippen LogP contribution in [0, 0.1) is 0 Å². The molecule has 0 fully saturated rings. The molecular weight excluding hydrogens is 148 g/mol. The number of hydrogen-bond acceptors (Lipinski definition) is 1. The van der Waals surface area contributed by atoms with E-state index in [9.17, 15) is 0 Å². The van der Waals surface area contributed by atoms with Crippen LogP contribution < -0.4 is 10.7 Å². The highest BCUT2D eigenvalue weighted by Gasteiger charge is 1.99. The normalized spacial score (nSPS) is 14.1. The van der Waals surface area contributed by atoms with Crippen molar-refractivity contribution < 1.29 is 0 Å². The molecule has 1 N–H and O–H groups in total. The number of nitrogens with zero attached hydrogens (tertiary/aromatic N) is 1. The van der Waals surface area contributed by atoms with Gasteiger partial charge in [-0.2, -0.15) is 0 Å². The number of nitrogens with one attached hydrogen (secondary N) is 1. The maximum absolute atomic E-state index is 4.35. The third-order valence-electron chi connectivity index (χ3n) is 1.92. The fraction of sp³-hybridized carbons (Fsp3) is 0.500. The summed E-state index contributed by atoms with van der Waals surface area (Å²) in [6.45, 7) is 7.11. The Morgan fingerprint density at radius 1 is 1.42 bits per heavy atom. The van der Waals surface area contributed by atoms with Gasteiger partial charge in [-0.3, -0.25) is 4.99 Å². The molecule has 0 unspecified atom stereocenters. The Bertz CT molecular complexity index is 346. The fourth-order valence-electron chi connectivity index (χ4n) is 1.30. The van der Waals surface area contributed by atoms with Gasteiger partial charge >= 0.3 is 0 Å². The highest BCUT2D eigenvalue weighted by atomic mass is 14.8. The molecule has 0 saturated heterocycles. The molecule has 66 valence electrons. The second-order valence-corrected chi connectivity index (χ2v) is 2.65. The van der Waals surface area contributed by atoms with E-state index in [0.717, 1.165) is 18.3 Å². The van der Waals surface area contributed by atoms with Gasteiger partial charge in [0.1, 0.15) is 0 Å². The number of hydrogen-bond donors (Lipinski definition) is 1. The summed E-state index contributed by atoms with van der Waals surface area (Å²) in [5.74, 6) is 0. The van der Waals surface area contributed by atoms with Gasteiger partial charge in [0.05, 0.1) is 10.7 Å². The standard InChI is InChI=1S/C8H10N2.C2H6/c1-6-2-4-9-7-3-5-10-8(6)7;1-2/h3,5,10H,2,4H2,1H3;1-2H3. The topological polar surface area (TPSA) is 28.1 Å². The molecule has 0 atom stereocenters. The molecule has 2 heteroatoms. The predicted octanol–water partition coefficient (Wildman–Crippen LogP) is 1.23. The summed E-state index contributed by atoms with van der Waals surface area (Å²) in [5, 5.41) is 2.36. The second kappa shape index (κ2) is 4.10. The number of aromatic nitrogens is 1. The van der Waals surface area contributed by atoms with Gasteiger partial charge in [0.15, 0.2) is 0 Å². The number of rotatable bonds is 0. The molecule has 1 aromatic rings. The van der Waals surface area contributed by atoms with Gasteiger partial charge < -0.3 is 4.98 Å². The summed E-state index contributed by atoms with van der Waals surface area (Å²) >= 11 is 0. The van der Waals surface area contributed by atoms with E-state index in [4.69, 9.17) is 0 Å². The van der Waals surface area contributed by atoms with E-state index in [1.54, 1.807) is 0 Å². The summed E-state index contributed by atoms with van der Waals surface area (Å²) in [6, 6.07) is 2.03. The Morgan fingerprint density at radius 3 is 2.83 bits per heavy atom. The van der Waals surface area contributed by atoms with E-state index in [1.165, 1.54) is 10.9 Å². The average Bonchev–Trinajstić information content (AvgIpc) is 2.57. The number of fused-ring (bicyclic) bond motifs is 1. The Labute approximate surface area is 73.0 Å². The van der Waals surface area contributed by atoms with Crippen molar-refractivity contribution in [3.05, 3.63) is 23.0 Å². The van der Waals surface area contributed by atoms with Crippen molar-refractivity contribution >= 4 is 5.57 Å². The molecule has 0 aromatic carbocycles. The number of H-pyrrole nitrogens is 1. The molecule has 0 aliphatic carbocycles. The van der Waals surface area contributed by atoms with Crippen LogP contribution in [-0.2, 0) is 0 Å². The molecule has 1 aliphatic heterocycles. The van der Waals surface area contributed by atoms with Gasteiger partial charge in [0.25, 0.3) is 0 Å². The largest absolute Gasteiger partial charge is 0.360 e. The first-order valence-electron chi connectivity index (χ1n) is 4.55. The van der Waals surface area contributed by atoms with Crippen LogP contribution in [0.3, 0.4) is 0 Å². The minimum atomic E-state index is 0.955. The zero-order chi connectivity index (χ0) is 8.97. The molecular formula is C10H16N2. The predicted molar refractivity (Wildman–Crippen MR) is 51.5 cm³/mol. The minimum Gasteiger partial charge on any atom is -0.360 e. The van der Waals surface area contributed by atoms with Crippen LogP contribution in [0.5, 0.6) is 0 Å². The molecule has 0 saturated carbocycles. The number of aromatic amines is 1. The van der Waals surface area contributed by atoms with Crippen molar-refractivity contribution in [1.82, 2.24) is 4.98 Å². The Morgan fingerprint density at radius 2 is 2.17 bits per heavy atom. The minimum absolute atomic E-state index is 0.955. The maximum atomic E-state index is 4.35. The molecule has 0 spiro atoms. The third-order valence-corrected chi connectivity index (χ3v) is 1.92. The van der Waals surface area contributed by atoms with Crippen molar-refractivity contribution in [3.8, 4) is 0 Å². The first-order chi connectivity index (χ1) is 5.88. The lowest BCUT2D eigenvalue weighted by Gasteiger charge is -2.00. The lowest BCUT2D eigenvalue weighted by Crippen LogP contribution is -2.28. The Hall–Kier alpha value is -1.05. The third kappa shape index (κ3) is 1.58. The summed E-state index contributed by atoms with van der Waals surface area (Å²) in [7, 11) is 0. The van der Waals surface area contributed by atoms with Crippen LogP contribution >= 0.6 is 0 Å². The van der Waals surface area contributed by atoms with Crippen LogP contribution in [0.25, 0.3) is 5.57 Å². The average molecular weight is 164 g/mol. The smallest absolute Gasteiger partial charge is 0.0822 e. The van der Waals surface area contributed by atoms with Gasteiger partial charge in [0.2, 0.25) is 0 Å². The lowest BCUT2D eigenvalue weighted by molar-refractivity contribution is 0.926. The summed E-state index contributed by atoms with van der Waals surface area (Å²) in [6.07, 6.45) is 3.05. The first kappa shape index (κ1) is 9.04. The summed E-state index contributed by atoms with van der Waals surface area (Å²) in [5.41, 5.74) is 1.43. The maximum Gasteiger partial charge on any atom is 0.0822 e.